The lowest BCUT2D eigenvalue weighted by molar-refractivity contribution is 0.0755. The molecule has 0 N–H and O–H groups in total. The van der Waals surface area contributed by atoms with Crippen LogP contribution in [0.2, 0.25) is 0 Å². The Balaban J connectivity index is 0.000000103. The number of pyridine rings is 8. The zero-order chi connectivity index (χ0) is 95.4. The summed E-state index contributed by atoms with van der Waals surface area (Å²) in [4.78, 5) is 112. The monoisotopic (exact) mass is 1850 g/mol. The van der Waals surface area contributed by atoms with E-state index in [0.29, 0.717) is 97.8 Å². The molecule has 20 aromatic rings. The van der Waals surface area contributed by atoms with E-state index in [1.54, 1.807) is 197 Å². The lowest BCUT2D eigenvalue weighted by Crippen LogP contribution is -2.24. The van der Waals surface area contributed by atoms with E-state index in [4.69, 9.17) is 0 Å². The summed E-state index contributed by atoms with van der Waals surface area (Å²) < 4.78 is 113. The summed E-state index contributed by atoms with van der Waals surface area (Å²) in [6.45, 7) is 2.10. The number of hydrogen-bond acceptors (Lipinski definition) is 15. The molecule has 13 aromatic heterocycles. The van der Waals surface area contributed by atoms with Gasteiger partial charge in [-0.15, -0.1) is 0 Å². The molecule has 0 unspecified atom stereocenters. The Morgan fingerprint density at radius 3 is 0.928 bits per heavy atom. The van der Waals surface area contributed by atoms with Gasteiger partial charge in [0, 0.05) is 136 Å². The molecule has 684 valence electrons. The molecule has 25 rings (SSSR count). The fourth-order valence-corrected chi connectivity index (χ4v) is 17.8. The zero-order valence-electron chi connectivity index (χ0n) is 74.1. The fraction of sp³-hybridized carbons (Fsp3) is 0.112. The molecule has 0 bridgehead atoms. The molecule has 0 fully saturated rings. The van der Waals surface area contributed by atoms with E-state index in [9.17, 15) is 54.7 Å². The molecule has 32 heteroatoms. The SMILES string of the molecule is Cn1cnc2ccc(-c3cc(F)c(CN4Cc5ncccc5C4=O)c(F)c3)cc21.Cn1cnc2ccc(-c3ccc(CN4Cc5ncccc5C4=O)c(F)c3)cc21.O=C1c2cccnc2CN1Cc1c(F)cc(-c2ccc3nccn3c2)cc1F.O=C1c2cccnc2CN1Cc1ccc(-c2ccc3cncn3c2)cc1F.O=C1c2cccnc2CN1Cc1ccc(-c2ccc3nccn3c2)cc1F. The molecule has 7 aromatic carbocycles. The number of aryl methyl sites for hydroxylation is 2. The first-order chi connectivity index (χ1) is 67.6. The second-order valence-corrected chi connectivity index (χ2v) is 34.0. The van der Waals surface area contributed by atoms with Crippen molar-refractivity contribution < 1.29 is 54.7 Å². The summed E-state index contributed by atoms with van der Waals surface area (Å²) in [5.41, 5.74) is 20.9. The minimum absolute atomic E-state index is 0.103. The van der Waals surface area contributed by atoms with E-state index in [2.05, 4.69) is 49.8 Å². The van der Waals surface area contributed by atoms with Crippen molar-refractivity contribution in [2.75, 3.05) is 0 Å². The molecule has 0 saturated carbocycles. The number of amides is 5. The van der Waals surface area contributed by atoms with Crippen molar-refractivity contribution in [3.05, 3.63) is 437 Å². The van der Waals surface area contributed by atoms with Crippen LogP contribution in [0, 0.1) is 40.7 Å². The normalized spacial score (nSPS) is 13.4. The van der Waals surface area contributed by atoms with E-state index in [1.165, 1.54) is 52.3 Å². The average molecular weight is 1860 g/mol. The van der Waals surface area contributed by atoms with Crippen molar-refractivity contribution in [3.8, 4) is 55.6 Å². The summed E-state index contributed by atoms with van der Waals surface area (Å²) in [6.07, 6.45) is 27.8. The summed E-state index contributed by atoms with van der Waals surface area (Å²) in [5.74, 6) is -4.54. The molecule has 0 radical (unpaired) electrons. The van der Waals surface area contributed by atoms with Crippen LogP contribution in [0.4, 0.5) is 30.7 Å². The third kappa shape index (κ3) is 17.6. The van der Waals surface area contributed by atoms with Crippen LogP contribution in [0.3, 0.4) is 0 Å². The number of nitrogens with zero attached hydrogens (tertiary/aromatic N) is 20. The molecule has 18 heterocycles. The zero-order valence-corrected chi connectivity index (χ0v) is 74.1. The van der Waals surface area contributed by atoms with Crippen LogP contribution >= 0.6 is 0 Å². The van der Waals surface area contributed by atoms with Crippen LogP contribution in [0.5, 0.6) is 0 Å². The molecule has 0 saturated heterocycles. The Labute approximate surface area is 787 Å². The minimum Gasteiger partial charge on any atom is -0.334 e. The Morgan fingerprint density at radius 2 is 0.568 bits per heavy atom. The number of aromatic nitrogens is 15. The van der Waals surface area contributed by atoms with Gasteiger partial charge in [0.05, 0.1) is 155 Å². The number of halogens is 7. The number of fused-ring (bicyclic) bond motifs is 10. The van der Waals surface area contributed by atoms with Crippen LogP contribution in [0.1, 0.15) is 108 Å². The highest BCUT2D eigenvalue weighted by molar-refractivity contribution is 6.00. The van der Waals surface area contributed by atoms with Gasteiger partial charge in [0.2, 0.25) is 0 Å². The van der Waals surface area contributed by atoms with Crippen molar-refractivity contribution >= 4 is 68.4 Å². The first-order valence-electron chi connectivity index (χ1n) is 44.2. The third-order valence-electron chi connectivity index (χ3n) is 25.3. The van der Waals surface area contributed by atoms with Crippen molar-refractivity contribution in [2.45, 2.75) is 65.4 Å². The highest BCUT2D eigenvalue weighted by Crippen LogP contribution is 2.37. The van der Waals surface area contributed by atoms with Gasteiger partial charge in [0.25, 0.3) is 29.5 Å². The van der Waals surface area contributed by atoms with Gasteiger partial charge in [0.15, 0.2) is 0 Å². The van der Waals surface area contributed by atoms with Gasteiger partial charge in [-0.2, -0.15) is 0 Å². The fourth-order valence-electron chi connectivity index (χ4n) is 17.8. The maximum Gasteiger partial charge on any atom is 0.256 e. The van der Waals surface area contributed by atoms with Gasteiger partial charge in [-0.1, -0.05) is 54.6 Å². The van der Waals surface area contributed by atoms with Crippen molar-refractivity contribution in [3.63, 3.8) is 0 Å². The maximum absolute atomic E-state index is 14.8. The molecule has 0 atom stereocenters. The first-order valence-corrected chi connectivity index (χ1v) is 44.2. The Bertz CT molecular complexity index is 8110. The summed E-state index contributed by atoms with van der Waals surface area (Å²) in [5, 5.41) is 0. The van der Waals surface area contributed by atoms with E-state index in [1.807, 2.05) is 123 Å². The van der Waals surface area contributed by atoms with Crippen LogP contribution in [0.25, 0.3) is 94.5 Å². The van der Waals surface area contributed by atoms with E-state index < -0.39 is 23.3 Å². The van der Waals surface area contributed by atoms with Gasteiger partial charge in [-0.05, 0) is 213 Å². The third-order valence-corrected chi connectivity index (χ3v) is 25.3. The standard InChI is InChI=1S/C22H16F2N4O.C22H17FN4O.C21H14F2N4O.2C21H15FN4O/c1-27-12-26-19-5-4-13(9-21(19)27)14-7-17(23)16(18(24)8-14)10-28-11-20-15(22(28)29)3-2-6-25-20;1-26-13-25-19-7-6-15(10-21(19)26)14-4-5-16(18(23)9-14)11-27-12-20-17(22(27)28)3-2-8-24-20;22-17-8-14(13-3-4-20-25-6-7-26(20)10-13)9-18(23)16(17)11-27-12-19-15(21(27)28)2-1-5-24-19;22-19-8-14(15-5-6-17-9-23-13-26(17)10-15)3-4-16(19)11-25-12-20-18(21(25)27)2-1-7-24-20;22-18-10-14(15-5-6-20-24-8-9-25(20)11-15)3-4-16(18)12-26-13-19-17(21(26)27)2-1-7-23-19/h2-9,12H,10-11H2,1H3;2-10,13H,11-12H2,1H3;1-10H,11-12H2;1-10,13H,11-12H2;1-11H,12-13H2. The molecule has 5 aliphatic rings. The van der Waals surface area contributed by atoms with Gasteiger partial charge in [-0.3, -0.25) is 48.9 Å². The van der Waals surface area contributed by atoms with E-state index >= 15 is 0 Å². The molecular formula is C107H77F7N20O5. The van der Waals surface area contributed by atoms with Gasteiger partial charge in [0.1, 0.15) is 52.0 Å². The highest BCUT2D eigenvalue weighted by atomic mass is 19.2. The van der Waals surface area contributed by atoms with Crippen LogP contribution in [-0.2, 0) is 79.5 Å². The summed E-state index contributed by atoms with van der Waals surface area (Å²) in [7, 11) is 3.80. The van der Waals surface area contributed by atoms with Crippen molar-refractivity contribution in [1.82, 2.24) is 96.7 Å². The minimum atomic E-state index is -0.683. The summed E-state index contributed by atoms with van der Waals surface area (Å²) in [6, 6.07) is 60.4. The predicted molar refractivity (Wildman–Crippen MR) is 503 cm³/mol. The van der Waals surface area contributed by atoms with Crippen LogP contribution < -0.4 is 0 Å². The Morgan fingerprint density at radius 1 is 0.273 bits per heavy atom. The molecule has 25 nitrogen and oxygen atoms in total. The number of imidazole rings is 5. The van der Waals surface area contributed by atoms with Gasteiger partial charge in [-0.25, -0.2) is 55.7 Å². The van der Waals surface area contributed by atoms with Crippen molar-refractivity contribution in [1.29, 1.82) is 0 Å². The second kappa shape index (κ2) is 36.9. The first kappa shape index (κ1) is 87.8. The van der Waals surface area contributed by atoms with E-state index in [0.717, 1.165) is 89.3 Å². The number of hydrogen-bond donors (Lipinski definition) is 0. The molecular weight excluding hydrogens is 1780 g/mol. The molecule has 139 heavy (non-hydrogen) atoms. The molecule has 5 amide bonds. The van der Waals surface area contributed by atoms with Gasteiger partial charge >= 0.3 is 0 Å². The topological polar surface area (TPSA) is 254 Å². The number of benzene rings is 7. The van der Waals surface area contributed by atoms with Crippen LogP contribution in [0.15, 0.2) is 312 Å². The maximum atomic E-state index is 14.8. The predicted octanol–water partition coefficient (Wildman–Crippen LogP) is 19.2. The lowest BCUT2D eigenvalue weighted by Gasteiger charge is -2.17. The Kier molecular flexibility index (Phi) is 23.3. The average Bonchev–Trinajstić information content (AvgIpc) is 1.70. The molecule has 0 spiro atoms. The largest absolute Gasteiger partial charge is 0.334 e. The smallest absolute Gasteiger partial charge is 0.256 e. The summed E-state index contributed by atoms with van der Waals surface area (Å²) >= 11 is 0. The number of carbonyl (C=O) groups is 5. The van der Waals surface area contributed by atoms with Crippen molar-refractivity contribution in [2.24, 2.45) is 14.1 Å². The van der Waals surface area contributed by atoms with E-state index in [-0.39, 0.29) is 104 Å². The van der Waals surface area contributed by atoms with Gasteiger partial charge < -0.3 is 46.8 Å². The second-order valence-electron chi connectivity index (χ2n) is 34.0. The van der Waals surface area contributed by atoms with Crippen LogP contribution in [-0.4, -0.2) is 126 Å². The quantitative estimate of drug-likeness (QED) is 0.0865. The lowest BCUT2D eigenvalue weighted by atomic mass is 10.0. The molecule has 0 aliphatic carbocycles. The number of rotatable bonds is 15. The Hall–Kier alpha value is -17.8. The highest BCUT2D eigenvalue weighted by Gasteiger charge is 2.35. The number of carbonyl (C=O) groups excluding carboxylic acids is 5. The molecule has 5 aliphatic heterocycles.